The number of ether oxygens (including phenoxy) is 1. The van der Waals surface area contributed by atoms with Crippen molar-refractivity contribution < 1.29 is 26.7 Å². The van der Waals surface area contributed by atoms with E-state index < -0.39 is 45.1 Å². The van der Waals surface area contributed by atoms with Crippen LogP contribution in [0.15, 0.2) is 0 Å². The fraction of sp³-hybridized carbons (Fsp3) is 0.889. The lowest BCUT2D eigenvalue weighted by molar-refractivity contribution is -0.181. The first-order valence-corrected chi connectivity index (χ1v) is 6.69. The number of methoxy groups -OCH3 is 1. The lowest BCUT2D eigenvalue weighted by Crippen LogP contribution is -2.56. The van der Waals surface area contributed by atoms with Gasteiger partial charge in [0.15, 0.2) is 9.84 Å². The van der Waals surface area contributed by atoms with Crippen molar-refractivity contribution in [3.8, 4) is 0 Å². The van der Waals surface area contributed by atoms with E-state index in [1.807, 2.05) is 0 Å². The summed E-state index contributed by atoms with van der Waals surface area (Å²) in [7, 11) is -2.63. The van der Waals surface area contributed by atoms with Crippen LogP contribution in [0.4, 0.5) is 8.78 Å². The van der Waals surface area contributed by atoms with E-state index in [1.165, 1.54) is 6.92 Å². The molecule has 1 atom stereocenters. The summed E-state index contributed by atoms with van der Waals surface area (Å²) in [5, 5.41) is 0. The second-order valence-electron chi connectivity index (χ2n) is 3.97. The van der Waals surface area contributed by atoms with Crippen LogP contribution >= 0.6 is 0 Å². The van der Waals surface area contributed by atoms with E-state index in [2.05, 4.69) is 4.74 Å². The number of sulfone groups is 1. The molecule has 1 saturated heterocycles. The summed E-state index contributed by atoms with van der Waals surface area (Å²) in [6.07, 6.45) is -1.08. The standard InChI is InChI=1S/C9H14F2O4S/c1-3-8(7(12)15-2)6-16(13,14)5-4-9(8,10)11/h3-6H2,1-2H3. The van der Waals surface area contributed by atoms with Gasteiger partial charge in [0.2, 0.25) is 0 Å². The van der Waals surface area contributed by atoms with Crippen LogP contribution in [0, 0.1) is 5.41 Å². The zero-order valence-electron chi connectivity index (χ0n) is 9.13. The quantitative estimate of drug-likeness (QED) is 0.692. The van der Waals surface area contributed by atoms with Gasteiger partial charge in [0.1, 0.15) is 5.41 Å². The highest BCUT2D eigenvalue weighted by atomic mass is 32.2. The van der Waals surface area contributed by atoms with E-state index in [-0.39, 0.29) is 6.42 Å². The maximum atomic E-state index is 13.7. The molecule has 1 rings (SSSR count). The molecule has 94 valence electrons. The molecule has 1 fully saturated rings. The summed E-state index contributed by atoms with van der Waals surface area (Å²) in [6.45, 7) is 1.37. The third-order valence-corrected chi connectivity index (χ3v) is 4.83. The molecule has 1 aliphatic heterocycles. The minimum absolute atomic E-state index is 0.258. The summed E-state index contributed by atoms with van der Waals surface area (Å²) in [4.78, 5) is 11.5. The van der Waals surface area contributed by atoms with Crippen molar-refractivity contribution in [2.45, 2.75) is 25.7 Å². The number of halogens is 2. The van der Waals surface area contributed by atoms with Gasteiger partial charge in [0.25, 0.3) is 5.92 Å². The first-order chi connectivity index (χ1) is 7.21. The van der Waals surface area contributed by atoms with Gasteiger partial charge in [-0.05, 0) is 6.42 Å². The number of carbonyl (C=O) groups is 1. The third kappa shape index (κ3) is 1.92. The maximum Gasteiger partial charge on any atom is 0.318 e. The van der Waals surface area contributed by atoms with Crippen LogP contribution in [0.5, 0.6) is 0 Å². The van der Waals surface area contributed by atoms with Gasteiger partial charge in [-0.3, -0.25) is 4.79 Å². The van der Waals surface area contributed by atoms with E-state index in [9.17, 15) is 22.0 Å². The monoisotopic (exact) mass is 256 g/mol. The Balaban J connectivity index is 3.25. The first-order valence-electron chi connectivity index (χ1n) is 4.87. The van der Waals surface area contributed by atoms with Crippen molar-refractivity contribution in [3.05, 3.63) is 0 Å². The molecule has 0 amide bonds. The molecule has 4 nitrogen and oxygen atoms in total. The highest BCUT2D eigenvalue weighted by molar-refractivity contribution is 7.91. The zero-order chi connectivity index (χ0) is 12.6. The Morgan fingerprint density at radius 3 is 2.44 bits per heavy atom. The fourth-order valence-electron chi connectivity index (χ4n) is 1.98. The van der Waals surface area contributed by atoms with Gasteiger partial charge in [-0.1, -0.05) is 6.92 Å². The Bertz CT molecular complexity index is 390. The molecule has 7 heteroatoms. The van der Waals surface area contributed by atoms with Crippen molar-refractivity contribution in [2.24, 2.45) is 5.41 Å². The number of carbonyl (C=O) groups excluding carboxylic acids is 1. The van der Waals surface area contributed by atoms with Crippen LogP contribution in [0.2, 0.25) is 0 Å². The van der Waals surface area contributed by atoms with Gasteiger partial charge in [0.05, 0.1) is 18.6 Å². The molecule has 0 spiro atoms. The third-order valence-electron chi connectivity index (χ3n) is 3.07. The molecule has 0 aromatic heterocycles. The summed E-state index contributed by atoms with van der Waals surface area (Å²) in [5.41, 5.74) is -2.22. The summed E-state index contributed by atoms with van der Waals surface area (Å²) < 4.78 is 54.6. The Labute approximate surface area is 92.9 Å². The van der Waals surface area contributed by atoms with Crippen molar-refractivity contribution in [2.75, 3.05) is 18.6 Å². The number of rotatable bonds is 2. The Kier molecular flexibility index (Phi) is 3.29. The van der Waals surface area contributed by atoms with Crippen molar-refractivity contribution in [1.82, 2.24) is 0 Å². The molecular weight excluding hydrogens is 242 g/mol. The maximum absolute atomic E-state index is 13.7. The predicted octanol–water partition coefficient (Wildman–Crippen LogP) is 1.01. The lowest BCUT2D eigenvalue weighted by Gasteiger charge is -2.40. The number of hydrogen-bond donors (Lipinski definition) is 0. The van der Waals surface area contributed by atoms with Gasteiger partial charge in [-0.25, -0.2) is 17.2 Å². The molecule has 0 radical (unpaired) electrons. The largest absolute Gasteiger partial charge is 0.468 e. The molecular formula is C9H14F2O4S. The molecule has 0 aromatic carbocycles. The average molecular weight is 256 g/mol. The molecule has 0 saturated carbocycles. The number of hydrogen-bond acceptors (Lipinski definition) is 4. The average Bonchev–Trinajstić information content (AvgIpc) is 2.21. The Morgan fingerprint density at radius 1 is 1.44 bits per heavy atom. The second-order valence-corrected chi connectivity index (χ2v) is 6.16. The fourth-order valence-corrected chi connectivity index (χ4v) is 3.98. The Hall–Kier alpha value is -0.720. The molecule has 1 unspecified atom stereocenters. The number of esters is 1. The van der Waals surface area contributed by atoms with Crippen LogP contribution in [-0.2, 0) is 19.4 Å². The van der Waals surface area contributed by atoms with E-state index in [4.69, 9.17) is 0 Å². The first kappa shape index (κ1) is 13.3. The van der Waals surface area contributed by atoms with Crippen LogP contribution in [-0.4, -0.2) is 38.9 Å². The predicted molar refractivity (Wildman–Crippen MR) is 53.0 cm³/mol. The summed E-state index contributed by atoms with van der Waals surface area (Å²) >= 11 is 0. The van der Waals surface area contributed by atoms with Crippen LogP contribution < -0.4 is 0 Å². The summed E-state index contributed by atoms with van der Waals surface area (Å²) in [6, 6.07) is 0. The SMILES string of the molecule is CCC1(C(=O)OC)CS(=O)(=O)CCC1(F)F. The van der Waals surface area contributed by atoms with Crippen molar-refractivity contribution in [3.63, 3.8) is 0 Å². The van der Waals surface area contributed by atoms with E-state index >= 15 is 0 Å². The van der Waals surface area contributed by atoms with Gasteiger partial charge in [0, 0.05) is 6.42 Å². The van der Waals surface area contributed by atoms with Gasteiger partial charge < -0.3 is 4.74 Å². The number of alkyl halides is 2. The summed E-state index contributed by atoms with van der Waals surface area (Å²) in [5.74, 6) is -5.90. The van der Waals surface area contributed by atoms with Crippen molar-refractivity contribution >= 4 is 15.8 Å². The zero-order valence-corrected chi connectivity index (χ0v) is 9.94. The minimum atomic E-state index is -3.61. The van der Waals surface area contributed by atoms with E-state index in [0.29, 0.717) is 0 Å². The molecule has 16 heavy (non-hydrogen) atoms. The smallest absolute Gasteiger partial charge is 0.318 e. The van der Waals surface area contributed by atoms with Crippen LogP contribution in [0.3, 0.4) is 0 Å². The molecule has 0 aromatic rings. The topological polar surface area (TPSA) is 60.4 Å². The minimum Gasteiger partial charge on any atom is -0.468 e. The van der Waals surface area contributed by atoms with E-state index in [1.54, 1.807) is 0 Å². The highest BCUT2D eigenvalue weighted by Gasteiger charge is 2.63. The van der Waals surface area contributed by atoms with Crippen molar-refractivity contribution in [1.29, 1.82) is 0 Å². The molecule has 0 aliphatic carbocycles. The molecule has 0 N–H and O–H groups in total. The molecule has 1 aliphatic rings. The van der Waals surface area contributed by atoms with Crippen LogP contribution in [0.1, 0.15) is 19.8 Å². The van der Waals surface area contributed by atoms with E-state index in [0.717, 1.165) is 7.11 Å². The van der Waals surface area contributed by atoms with Gasteiger partial charge in [-0.15, -0.1) is 0 Å². The Morgan fingerprint density at radius 2 is 2.00 bits per heavy atom. The molecule has 1 heterocycles. The van der Waals surface area contributed by atoms with Crippen LogP contribution in [0.25, 0.3) is 0 Å². The highest BCUT2D eigenvalue weighted by Crippen LogP contribution is 2.47. The van der Waals surface area contributed by atoms with Gasteiger partial charge >= 0.3 is 5.97 Å². The van der Waals surface area contributed by atoms with Gasteiger partial charge in [-0.2, -0.15) is 0 Å². The normalized spacial score (nSPS) is 32.0. The lowest BCUT2D eigenvalue weighted by atomic mass is 9.79. The second kappa shape index (κ2) is 3.94. The molecule has 0 bridgehead atoms.